The van der Waals surface area contributed by atoms with Gasteiger partial charge in [-0.3, -0.25) is 9.59 Å². The van der Waals surface area contributed by atoms with Crippen LogP contribution in [0, 0.1) is 11.3 Å². The zero-order valence-corrected chi connectivity index (χ0v) is 14.0. The average molecular weight is 355 g/mol. The number of carbonyl (C=O) groups excluding carboxylic acids is 3. The quantitative estimate of drug-likeness (QED) is 0.733. The molecule has 0 bridgehead atoms. The van der Waals surface area contributed by atoms with Gasteiger partial charge >= 0.3 is 5.97 Å². The molecule has 26 heavy (non-hydrogen) atoms. The van der Waals surface area contributed by atoms with E-state index < -0.39 is 23.9 Å². The van der Waals surface area contributed by atoms with Gasteiger partial charge in [0, 0.05) is 5.69 Å². The van der Waals surface area contributed by atoms with E-state index in [1.807, 2.05) is 0 Å². The second-order valence-electron chi connectivity index (χ2n) is 5.31. The number of amides is 2. The molecule has 0 unspecified atom stereocenters. The Bertz CT molecular complexity index is 806. The number of nitriles is 1. The van der Waals surface area contributed by atoms with E-state index in [0.717, 1.165) is 0 Å². The lowest BCUT2D eigenvalue weighted by atomic mass is 10.2. The van der Waals surface area contributed by atoms with Gasteiger partial charge in [0.1, 0.15) is 12.2 Å². The summed E-state index contributed by atoms with van der Waals surface area (Å²) in [6, 6.07) is 11.1. The van der Waals surface area contributed by atoms with Crippen LogP contribution in [0.25, 0.3) is 0 Å². The Morgan fingerprint density at radius 2 is 1.96 bits per heavy atom. The lowest BCUT2D eigenvalue weighted by Crippen LogP contribution is -2.35. The molecule has 1 heterocycles. The summed E-state index contributed by atoms with van der Waals surface area (Å²) in [5.41, 5.74) is 0.681. The fourth-order valence-corrected chi connectivity index (χ4v) is 1.98. The summed E-state index contributed by atoms with van der Waals surface area (Å²) in [6.07, 6.45) is 0.263. The topological polar surface area (TPSA) is 121 Å². The van der Waals surface area contributed by atoms with Crippen molar-refractivity contribution in [3.05, 3.63) is 54.0 Å². The fourth-order valence-electron chi connectivity index (χ4n) is 1.98. The van der Waals surface area contributed by atoms with Gasteiger partial charge in [-0.05, 0) is 43.3 Å². The van der Waals surface area contributed by atoms with Crippen LogP contribution in [0.2, 0.25) is 0 Å². The predicted molar refractivity (Wildman–Crippen MR) is 90.7 cm³/mol. The Labute approximate surface area is 149 Å². The van der Waals surface area contributed by atoms with Gasteiger partial charge in [-0.1, -0.05) is 0 Å². The summed E-state index contributed by atoms with van der Waals surface area (Å²) in [5, 5.41) is 13.6. The third-order valence-corrected chi connectivity index (χ3v) is 3.31. The maximum Gasteiger partial charge on any atom is 0.338 e. The average Bonchev–Trinajstić information content (AvgIpc) is 3.13. The Kier molecular flexibility index (Phi) is 6.51. The number of esters is 1. The smallest absolute Gasteiger partial charge is 0.338 e. The molecule has 1 aromatic heterocycles. The first-order valence-electron chi connectivity index (χ1n) is 7.77. The van der Waals surface area contributed by atoms with Crippen LogP contribution in [0.1, 0.15) is 29.5 Å². The summed E-state index contributed by atoms with van der Waals surface area (Å²) in [6.45, 7) is 1.66. The molecule has 2 aromatic rings. The maximum atomic E-state index is 12.1. The molecule has 0 spiro atoms. The summed E-state index contributed by atoms with van der Waals surface area (Å²) in [7, 11) is 0. The number of carbonyl (C=O) groups is 3. The number of benzene rings is 1. The number of nitrogens with one attached hydrogen (secondary N) is 2. The van der Waals surface area contributed by atoms with Crippen LogP contribution in [0.3, 0.4) is 0 Å². The SMILES string of the molecule is C[C@@H](OC(=O)c1ccc(NC(=O)CC#N)cc1)C(=O)NCc1ccco1. The van der Waals surface area contributed by atoms with E-state index in [-0.39, 0.29) is 18.5 Å². The van der Waals surface area contributed by atoms with Crippen molar-refractivity contribution in [2.75, 3.05) is 5.32 Å². The van der Waals surface area contributed by atoms with Crippen LogP contribution >= 0.6 is 0 Å². The molecular formula is C18H17N3O5. The summed E-state index contributed by atoms with van der Waals surface area (Å²) in [5.74, 6) is -0.966. The summed E-state index contributed by atoms with van der Waals surface area (Å²) in [4.78, 5) is 35.3. The van der Waals surface area contributed by atoms with Crippen molar-refractivity contribution >= 4 is 23.5 Å². The van der Waals surface area contributed by atoms with E-state index in [1.165, 1.54) is 37.5 Å². The van der Waals surface area contributed by atoms with E-state index in [0.29, 0.717) is 11.4 Å². The number of rotatable bonds is 7. The number of ether oxygens (including phenoxy) is 1. The van der Waals surface area contributed by atoms with Gasteiger partial charge in [0.25, 0.3) is 5.91 Å². The van der Waals surface area contributed by atoms with Gasteiger partial charge in [-0.15, -0.1) is 0 Å². The highest BCUT2D eigenvalue weighted by Gasteiger charge is 2.19. The molecule has 0 aliphatic rings. The second kappa shape index (κ2) is 9.03. The Morgan fingerprint density at radius 1 is 1.23 bits per heavy atom. The number of furan rings is 1. The zero-order chi connectivity index (χ0) is 18.9. The van der Waals surface area contributed by atoms with Crippen molar-refractivity contribution in [2.24, 2.45) is 0 Å². The molecule has 0 fully saturated rings. The van der Waals surface area contributed by atoms with Gasteiger partial charge in [0.05, 0.1) is 24.4 Å². The van der Waals surface area contributed by atoms with E-state index in [9.17, 15) is 14.4 Å². The van der Waals surface area contributed by atoms with Crippen LogP contribution in [0.4, 0.5) is 5.69 Å². The van der Waals surface area contributed by atoms with Gasteiger partial charge in [0.2, 0.25) is 5.91 Å². The Hall–Kier alpha value is -3.60. The van der Waals surface area contributed by atoms with E-state index in [1.54, 1.807) is 18.2 Å². The molecule has 1 aromatic carbocycles. The minimum atomic E-state index is -0.979. The zero-order valence-electron chi connectivity index (χ0n) is 14.0. The second-order valence-corrected chi connectivity index (χ2v) is 5.31. The van der Waals surface area contributed by atoms with Crippen molar-refractivity contribution in [1.29, 1.82) is 5.26 Å². The molecule has 0 saturated heterocycles. The molecule has 0 radical (unpaired) electrons. The Morgan fingerprint density at radius 3 is 2.58 bits per heavy atom. The molecule has 2 amide bonds. The molecular weight excluding hydrogens is 338 g/mol. The van der Waals surface area contributed by atoms with Gasteiger partial charge in [-0.25, -0.2) is 4.79 Å². The monoisotopic (exact) mass is 355 g/mol. The maximum absolute atomic E-state index is 12.1. The summed E-state index contributed by atoms with van der Waals surface area (Å²) < 4.78 is 10.2. The number of hydrogen-bond acceptors (Lipinski definition) is 6. The minimum absolute atomic E-state index is 0.199. The van der Waals surface area contributed by atoms with Crippen molar-refractivity contribution in [2.45, 2.75) is 26.0 Å². The number of hydrogen-bond donors (Lipinski definition) is 2. The molecule has 0 aliphatic carbocycles. The molecule has 1 atom stereocenters. The first kappa shape index (κ1) is 18.7. The fraction of sp³-hybridized carbons (Fsp3) is 0.222. The predicted octanol–water partition coefficient (Wildman–Crippen LogP) is 1.99. The molecule has 0 saturated carbocycles. The van der Waals surface area contributed by atoms with Crippen LogP contribution in [-0.4, -0.2) is 23.9 Å². The van der Waals surface area contributed by atoms with Crippen LogP contribution in [-0.2, 0) is 20.9 Å². The van der Waals surface area contributed by atoms with E-state index in [4.69, 9.17) is 14.4 Å². The summed E-state index contributed by atoms with van der Waals surface area (Å²) >= 11 is 0. The first-order chi connectivity index (χ1) is 12.5. The van der Waals surface area contributed by atoms with Crippen molar-refractivity contribution in [3.8, 4) is 6.07 Å². The molecule has 0 aliphatic heterocycles. The third-order valence-electron chi connectivity index (χ3n) is 3.31. The molecule has 8 heteroatoms. The standard InChI is InChI=1S/C18H17N3O5/c1-12(17(23)20-11-15-3-2-10-25-15)26-18(24)13-4-6-14(7-5-13)21-16(22)8-9-19/h2-7,10,12H,8,11H2,1H3,(H,20,23)(H,21,22)/t12-/m1/s1. The van der Waals surface area contributed by atoms with E-state index in [2.05, 4.69) is 10.6 Å². The highest BCUT2D eigenvalue weighted by Crippen LogP contribution is 2.12. The van der Waals surface area contributed by atoms with E-state index >= 15 is 0 Å². The highest BCUT2D eigenvalue weighted by molar-refractivity contribution is 5.94. The normalized spacial score (nSPS) is 11.1. The molecule has 2 N–H and O–H groups in total. The lowest BCUT2D eigenvalue weighted by Gasteiger charge is -2.13. The van der Waals surface area contributed by atoms with Gasteiger partial charge in [0.15, 0.2) is 6.10 Å². The lowest BCUT2D eigenvalue weighted by molar-refractivity contribution is -0.129. The first-order valence-corrected chi connectivity index (χ1v) is 7.77. The van der Waals surface area contributed by atoms with Crippen LogP contribution in [0.5, 0.6) is 0 Å². The van der Waals surface area contributed by atoms with Crippen LogP contribution < -0.4 is 10.6 Å². The van der Waals surface area contributed by atoms with Crippen molar-refractivity contribution in [1.82, 2.24) is 5.32 Å². The van der Waals surface area contributed by atoms with Gasteiger partial charge < -0.3 is 19.8 Å². The Balaban J connectivity index is 1.85. The highest BCUT2D eigenvalue weighted by atomic mass is 16.5. The van der Waals surface area contributed by atoms with Crippen LogP contribution in [0.15, 0.2) is 47.1 Å². The number of anilines is 1. The molecule has 2 rings (SSSR count). The van der Waals surface area contributed by atoms with Crippen molar-refractivity contribution in [3.63, 3.8) is 0 Å². The molecule has 134 valence electrons. The van der Waals surface area contributed by atoms with Crippen molar-refractivity contribution < 1.29 is 23.5 Å². The minimum Gasteiger partial charge on any atom is -0.467 e. The largest absolute Gasteiger partial charge is 0.467 e. The molecule has 8 nitrogen and oxygen atoms in total. The van der Waals surface area contributed by atoms with Gasteiger partial charge in [-0.2, -0.15) is 5.26 Å². The third kappa shape index (κ3) is 5.49. The number of nitrogens with zero attached hydrogens (tertiary/aromatic N) is 1.